The smallest absolute Gasteiger partial charge is 0.169 e. The summed E-state index contributed by atoms with van der Waals surface area (Å²) in [4.78, 5) is 0. The highest BCUT2D eigenvalue weighted by molar-refractivity contribution is 6.31. The van der Waals surface area contributed by atoms with Gasteiger partial charge in [0.25, 0.3) is 0 Å². The van der Waals surface area contributed by atoms with Gasteiger partial charge in [-0.1, -0.05) is 29.8 Å². The van der Waals surface area contributed by atoms with Gasteiger partial charge in [0, 0.05) is 11.1 Å². The van der Waals surface area contributed by atoms with E-state index in [0.29, 0.717) is 23.1 Å². The van der Waals surface area contributed by atoms with Gasteiger partial charge in [-0.05, 0) is 50.1 Å². The van der Waals surface area contributed by atoms with E-state index in [1.54, 1.807) is 0 Å². The molecule has 0 heterocycles. The van der Waals surface area contributed by atoms with Crippen LogP contribution in [-0.4, -0.2) is 12.6 Å². The van der Waals surface area contributed by atoms with Crippen molar-refractivity contribution >= 4 is 11.6 Å². The van der Waals surface area contributed by atoms with E-state index in [4.69, 9.17) is 26.8 Å². The van der Waals surface area contributed by atoms with Crippen molar-refractivity contribution in [1.82, 2.24) is 0 Å². The molecule has 2 aromatic carbocycles. The third-order valence-corrected chi connectivity index (χ3v) is 3.30. The van der Waals surface area contributed by atoms with E-state index in [0.717, 1.165) is 17.7 Å². The summed E-state index contributed by atoms with van der Waals surface area (Å²) >= 11 is 6.27. The van der Waals surface area contributed by atoms with Gasteiger partial charge in [0.1, 0.15) is 5.75 Å². The summed E-state index contributed by atoms with van der Waals surface area (Å²) in [5.74, 6) is 2.08. The predicted octanol–water partition coefficient (Wildman–Crippen LogP) is 4.42. The minimum atomic E-state index is 0.0768. The first-order valence-electron chi connectivity index (χ1n) is 7.04. The van der Waals surface area contributed by atoms with Crippen LogP contribution in [-0.2, 0) is 6.42 Å². The molecule has 2 rings (SSSR count). The molecule has 0 spiro atoms. The first-order chi connectivity index (χ1) is 10.1. The molecule has 0 saturated heterocycles. The van der Waals surface area contributed by atoms with Crippen LogP contribution in [0.1, 0.15) is 19.4 Å². The Morgan fingerprint density at radius 1 is 1.14 bits per heavy atom. The molecule has 0 radical (unpaired) electrons. The lowest BCUT2D eigenvalue weighted by Crippen LogP contribution is -2.17. The summed E-state index contributed by atoms with van der Waals surface area (Å²) in [6, 6.07) is 13.3. The van der Waals surface area contributed by atoms with Crippen molar-refractivity contribution in [3.63, 3.8) is 0 Å². The topological polar surface area (TPSA) is 44.5 Å². The van der Waals surface area contributed by atoms with Gasteiger partial charge in [-0.3, -0.25) is 0 Å². The van der Waals surface area contributed by atoms with Gasteiger partial charge in [0.2, 0.25) is 0 Å². The summed E-state index contributed by atoms with van der Waals surface area (Å²) in [6.45, 7) is 4.49. The summed E-state index contributed by atoms with van der Waals surface area (Å²) < 4.78 is 11.4. The van der Waals surface area contributed by atoms with Crippen molar-refractivity contribution < 1.29 is 9.47 Å². The van der Waals surface area contributed by atoms with Gasteiger partial charge in [0.15, 0.2) is 11.5 Å². The molecule has 0 bridgehead atoms. The highest BCUT2D eigenvalue weighted by Gasteiger charge is 2.08. The summed E-state index contributed by atoms with van der Waals surface area (Å²) in [7, 11) is 0. The number of ether oxygens (including phenoxy) is 2. The standard InChI is InChI=1S/C17H20ClNO2/c1-3-20-16-6-4-5-7-17(16)21-14-9-8-13(10-12(2)19)15(18)11-14/h4-9,11-12H,3,10,19H2,1-2H3. The second-order valence-corrected chi connectivity index (χ2v) is 5.32. The summed E-state index contributed by atoms with van der Waals surface area (Å²) in [5, 5.41) is 0.665. The third-order valence-electron chi connectivity index (χ3n) is 2.94. The van der Waals surface area contributed by atoms with Crippen LogP contribution in [0.25, 0.3) is 0 Å². The Morgan fingerprint density at radius 3 is 2.48 bits per heavy atom. The Morgan fingerprint density at radius 2 is 1.86 bits per heavy atom. The van der Waals surface area contributed by atoms with Gasteiger partial charge < -0.3 is 15.2 Å². The monoisotopic (exact) mass is 305 g/mol. The van der Waals surface area contributed by atoms with Crippen LogP contribution in [0.15, 0.2) is 42.5 Å². The van der Waals surface area contributed by atoms with Crippen LogP contribution in [0, 0.1) is 0 Å². The molecular weight excluding hydrogens is 286 g/mol. The average molecular weight is 306 g/mol. The van der Waals surface area contributed by atoms with Crippen molar-refractivity contribution in [3.8, 4) is 17.2 Å². The molecule has 2 N–H and O–H groups in total. The second kappa shape index (κ2) is 7.34. The third kappa shape index (κ3) is 4.38. The van der Waals surface area contributed by atoms with Crippen molar-refractivity contribution in [2.45, 2.75) is 26.3 Å². The number of para-hydroxylation sites is 2. The SMILES string of the molecule is CCOc1ccccc1Oc1ccc(CC(C)N)c(Cl)c1. The molecule has 0 fully saturated rings. The first kappa shape index (κ1) is 15.7. The molecule has 0 aliphatic carbocycles. The minimum absolute atomic E-state index is 0.0768. The lowest BCUT2D eigenvalue weighted by atomic mass is 10.1. The average Bonchev–Trinajstić information content (AvgIpc) is 2.44. The molecule has 1 unspecified atom stereocenters. The zero-order valence-corrected chi connectivity index (χ0v) is 13.1. The van der Waals surface area contributed by atoms with Gasteiger partial charge in [-0.15, -0.1) is 0 Å². The Labute approximate surface area is 130 Å². The molecule has 4 heteroatoms. The fourth-order valence-electron chi connectivity index (χ4n) is 2.04. The van der Waals surface area contributed by atoms with E-state index in [-0.39, 0.29) is 6.04 Å². The molecule has 112 valence electrons. The normalized spacial score (nSPS) is 12.0. The Kier molecular flexibility index (Phi) is 5.48. The summed E-state index contributed by atoms with van der Waals surface area (Å²) in [6.07, 6.45) is 0.745. The van der Waals surface area contributed by atoms with E-state index in [1.165, 1.54) is 0 Å². The molecule has 0 saturated carbocycles. The quantitative estimate of drug-likeness (QED) is 0.859. The molecule has 21 heavy (non-hydrogen) atoms. The Balaban J connectivity index is 2.18. The fraction of sp³-hybridized carbons (Fsp3) is 0.294. The summed E-state index contributed by atoms with van der Waals surface area (Å²) in [5.41, 5.74) is 6.83. The molecule has 0 aliphatic rings. The highest BCUT2D eigenvalue weighted by Crippen LogP contribution is 2.33. The van der Waals surface area contributed by atoms with Gasteiger partial charge in [-0.2, -0.15) is 0 Å². The van der Waals surface area contributed by atoms with Gasteiger partial charge in [-0.25, -0.2) is 0 Å². The number of halogens is 1. The maximum atomic E-state index is 6.27. The van der Waals surface area contributed by atoms with Crippen LogP contribution >= 0.6 is 11.6 Å². The molecule has 1 atom stereocenters. The van der Waals surface area contributed by atoms with E-state index < -0.39 is 0 Å². The second-order valence-electron chi connectivity index (χ2n) is 4.92. The van der Waals surface area contributed by atoms with Crippen molar-refractivity contribution in [1.29, 1.82) is 0 Å². The molecule has 3 nitrogen and oxygen atoms in total. The molecule has 2 aromatic rings. The zero-order chi connectivity index (χ0) is 15.2. The van der Waals surface area contributed by atoms with Crippen LogP contribution < -0.4 is 15.2 Å². The highest BCUT2D eigenvalue weighted by atomic mass is 35.5. The maximum Gasteiger partial charge on any atom is 0.169 e. The van der Waals surface area contributed by atoms with Crippen LogP contribution in [0.5, 0.6) is 17.2 Å². The maximum absolute atomic E-state index is 6.27. The number of benzene rings is 2. The molecule has 0 aromatic heterocycles. The Bertz CT molecular complexity index is 599. The Hall–Kier alpha value is -1.71. The van der Waals surface area contributed by atoms with E-state index in [1.807, 2.05) is 56.3 Å². The zero-order valence-electron chi connectivity index (χ0n) is 12.3. The number of hydrogen-bond donors (Lipinski definition) is 1. The minimum Gasteiger partial charge on any atom is -0.490 e. The van der Waals surface area contributed by atoms with E-state index in [2.05, 4.69) is 0 Å². The predicted molar refractivity (Wildman–Crippen MR) is 86.5 cm³/mol. The lowest BCUT2D eigenvalue weighted by Gasteiger charge is -2.13. The van der Waals surface area contributed by atoms with Crippen LogP contribution in [0.3, 0.4) is 0 Å². The van der Waals surface area contributed by atoms with Crippen molar-refractivity contribution in [2.75, 3.05) is 6.61 Å². The van der Waals surface area contributed by atoms with E-state index >= 15 is 0 Å². The molecule has 0 aliphatic heterocycles. The number of hydrogen-bond acceptors (Lipinski definition) is 3. The van der Waals surface area contributed by atoms with Gasteiger partial charge in [0.05, 0.1) is 6.61 Å². The molecular formula is C17H20ClNO2. The number of rotatable bonds is 6. The van der Waals surface area contributed by atoms with Crippen molar-refractivity contribution in [2.24, 2.45) is 5.73 Å². The van der Waals surface area contributed by atoms with Gasteiger partial charge >= 0.3 is 0 Å². The van der Waals surface area contributed by atoms with Crippen molar-refractivity contribution in [3.05, 3.63) is 53.1 Å². The molecule has 0 amide bonds. The van der Waals surface area contributed by atoms with Crippen LogP contribution in [0.2, 0.25) is 5.02 Å². The van der Waals surface area contributed by atoms with Crippen LogP contribution in [0.4, 0.5) is 0 Å². The first-order valence-corrected chi connectivity index (χ1v) is 7.41. The fourth-order valence-corrected chi connectivity index (χ4v) is 2.29. The van der Waals surface area contributed by atoms with E-state index in [9.17, 15) is 0 Å². The largest absolute Gasteiger partial charge is 0.490 e. The lowest BCUT2D eigenvalue weighted by molar-refractivity contribution is 0.321. The number of nitrogens with two attached hydrogens (primary N) is 1.